The number of hydrogen-bond donors (Lipinski definition) is 2. The first-order valence-corrected chi connectivity index (χ1v) is 8.12. The second-order valence-electron chi connectivity index (χ2n) is 6.74. The second kappa shape index (κ2) is 6.91. The van der Waals surface area contributed by atoms with Crippen molar-refractivity contribution >= 4 is 0 Å². The molecule has 2 atom stereocenters. The molecular formula is C16H31NO. The Kier molecular flexibility index (Phi) is 5.50. The summed E-state index contributed by atoms with van der Waals surface area (Å²) < 4.78 is 0. The van der Waals surface area contributed by atoms with Gasteiger partial charge in [0.2, 0.25) is 0 Å². The van der Waals surface area contributed by atoms with Crippen molar-refractivity contribution in [2.45, 2.75) is 77.2 Å². The smallest absolute Gasteiger partial charge is 0.0499 e. The fourth-order valence-electron chi connectivity index (χ4n) is 3.90. The highest BCUT2D eigenvalue weighted by atomic mass is 16.3. The molecule has 0 saturated heterocycles. The van der Waals surface area contributed by atoms with E-state index in [1.54, 1.807) is 0 Å². The lowest BCUT2D eigenvalue weighted by Gasteiger charge is -2.38. The summed E-state index contributed by atoms with van der Waals surface area (Å²) in [6.07, 6.45) is 13.3. The van der Waals surface area contributed by atoms with Gasteiger partial charge in [-0.3, -0.25) is 0 Å². The number of aliphatic hydroxyl groups is 1. The Morgan fingerprint density at radius 3 is 2.56 bits per heavy atom. The van der Waals surface area contributed by atoms with Crippen LogP contribution in [0.5, 0.6) is 0 Å². The third kappa shape index (κ3) is 3.71. The van der Waals surface area contributed by atoms with Gasteiger partial charge in [-0.2, -0.15) is 0 Å². The van der Waals surface area contributed by atoms with Crippen LogP contribution >= 0.6 is 0 Å². The van der Waals surface area contributed by atoms with Crippen LogP contribution in [0.3, 0.4) is 0 Å². The van der Waals surface area contributed by atoms with E-state index in [2.05, 4.69) is 12.2 Å². The summed E-state index contributed by atoms with van der Waals surface area (Å²) in [4.78, 5) is 0. The largest absolute Gasteiger partial charge is 0.396 e. The van der Waals surface area contributed by atoms with Crippen molar-refractivity contribution in [1.29, 1.82) is 0 Å². The first kappa shape index (κ1) is 14.3. The molecule has 2 heteroatoms. The average molecular weight is 253 g/mol. The lowest BCUT2D eigenvalue weighted by atomic mass is 9.74. The van der Waals surface area contributed by atoms with Crippen LogP contribution in [0.2, 0.25) is 0 Å². The van der Waals surface area contributed by atoms with Crippen LogP contribution in [0.15, 0.2) is 0 Å². The summed E-state index contributed by atoms with van der Waals surface area (Å²) >= 11 is 0. The molecule has 2 rings (SSSR count). The van der Waals surface area contributed by atoms with Gasteiger partial charge in [-0.15, -0.1) is 0 Å². The van der Waals surface area contributed by atoms with Gasteiger partial charge in [-0.05, 0) is 31.6 Å². The number of aliphatic hydroxyl groups excluding tert-OH is 1. The molecule has 2 N–H and O–H groups in total. The Morgan fingerprint density at radius 1 is 1.11 bits per heavy atom. The SMILES string of the molecule is CCC1CCCC(NCC2(CO)CCCCC2)C1. The molecule has 0 bridgehead atoms. The van der Waals surface area contributed by atoms with Crippen LogP contribution in [0.4, 0.5) is 0 Å². The molecule has 0 heterocycles. The Hall–Kier alpha value is -0.0800. The molecule has 0 aromatic rings. The molecule has 0 radical (unpaired) electrons. The maximum Gasteiger partial charge on any atom is 0.0499 e. The lowest BCUT2D eigenvalue weighted by molar-refractivity contribution is 0.0751. The predicted octanol–water partition coefficient (Wildman–Crippen LogP) is 3.49. The minimum Gasteiger partial charge on any atom is -0.396 e. The quantitative estimate of drug-likeness (QED) is 0.786. The highest BCUT2D eigenvalue weighted by Crippen LogP contribution is 2.36. The second-order valence-corrected chi connectivity index (χ2v) is 6.74. The molecule has 2 nitrogen and oxygen atoms in total. The Morgan fingerprint density at radius 2 is 1.89 bits per heavy atom. The van der Waals surface area contributed by atoms with Crippen molar-refractivity contribution in [2.75, 3.05) is 13.2 Å². The van der Waals surface area contributed by atoms with E-state index in [1.165, 1.54) is 64.2 Å². The zero-order chi connectivity index (χ0) is 12.8. The Labute approximate surface area is 113 Å². The normalized spacial score (nSPS) is 32.3. The number of nitrogens with one attached hydrogen (secondary N) is 1. The molecule has 2 fully saturated rings. The molecule has 18 heavy (non-hydrogen) atoms. The van der Waals surface area contributed by atoms with E-state index in [9.17, 15) is 5.11 Å². The van der Waals surface area contributed by atoms with Crippen LogP contribution < -0.4 is 5.32 Å². The molecule has 0 aromatic carbocycles. The minimum absolute atomic E-state index is 0.206. The molecule has 0 aliphatic heterocycles. The van der Waals surface area contributed by atoms with Crippen LogP contribution in [-0.4, -0.2) is 24.3 Å². The fourth-order valence-corrected chi connectivity index (χ4v) is 3.90. The average Bonchev–Trinajstić information content (AvgIpc) is 2.46. The predicted molar refractivity (Wildman–Crippen MR) is 76.6 cm³/mol. The summed E-state index contributed by atoms with van der Waals surface area (Å²) in [6, 6.07) is 0.717. The zero-order valence-electron chi connectivity index (χ0n) is 12.1. The van der Waals surface area contributed by atoms with Gasteiger partial charge in [0.1, 0.15) is 0 Å². The van der Waals surface area contributed by atoms with Crippen LogP contribution in [0.1, 0.15) is 71.1 Å². The van der Waals surface area contributed by atoms with Gasteiger partial charge in [-0.1, -0.05) is 45.4 Å². The van der Waals surface area contributed by atoms with Crippen LogP contribution in [0, 0.1) is 11.3 Å². The third-order valence-electron chi connectivity index (χ3n) is 5.38. The van der Waals surface area contributed by atoms with Crippen molar-refractivity contribution in [1.82, 2.24) is 5.32 Å². The van der Waals surface area contributed by atoms with E-state index in [4.69, 9.17) is 0 Å². The van der Waals surface area contributed by atoms with E-state index >= 15 is 0 Å². The summed E-state index contributed by atoms with van der Waals surface area (Å²) in [5.41, 5.74) is 0.206. The first-order chi connectivity index (χ1) is 8.78. The molecular weight excluding hydrogens is 222 g/mol. The summed E-state index contributed by atoms with van der Waals surface area (Å²) in [6.45, 7) is 3.75. The van der Waals surface area contributed by atoms with Gasteiger partial charge in [0.05, 0.1) is 0 Å². The van der Waals surface area contributed by atoms with Crippen molar-refractivity contribution in [3.8, 4) is 0 Å². The molecule has 0 amide bonds. The minimum atomic E-state index is 0.206. The number of rotatable bonds is 5. The molecule has 2 aliphatic rings. The van der Waals surface area contributed by atoms with Gasteiger partial charge in [0.15, 0.2) is 0 Å². The molecule has 2 unspecified atom stereocenters. The van der Waals surface area contributed by atoms with Crippen LogP contribution in [-0.2, 0) is 0 Å². The zero-order valence-corrected chi connectivity index (χ0v) is 12.1. The Bertz CT molecular complexity index is 235. The van der Waals surface area contributed by atoms with Crippen molar-refractivity contribution < 1.29 is 5.11 Å². The summed E-state index contributed by atoms with van der Waals surface area (Å²) in [7, 11) is 0. The highest BCUT2D eigenvalue weighted by molar-refractivity contribution is 4.87. The maximum absolute atomic E-state index is 9.73. The van der Waals surface area contributed by atoms with E-state index < -0.39 is 0 Å². The van der Waals surface area contributed by atoms with Crippen LogP contribution in [0.25, 0.3) is 0 Å². The molecule has 2 saturated carbocycles. The van der Waals surface area contributed by atoms with E-state index in [-0.39, 0.29) is 5.41 Å². The fraction of sp³-hybridized carbons (Fsp3) is 1.00. The van der Waals surface area contributed by atoms with Gasteiger partial charge in [0.25, 0.3) is 0 Å². The Balaban J connectivity index is 1.78. The maximum atomic E-state index is 9.73. The number of hydrogen-bond acceptors (Lipinski definition) is 2. The van der Waals surface area contributed by atoms with E-state index in [0.29, 0.717) is 12.6 Å². The molecule has 2 aliphatic carbocycles. The lowest BCUT2D eigenvalue weighted by Crippen LogP contribution is -2.44. The van der Waals surface area contributed by atoms with E-state index in [0.717, 1.165) is 12.5 Å². The van der Waals surface area contributed by atoms with E-state index in [1.807, 2.05) is 0 Å². The van der Waals surface area contributed by atoms with Gasteiger partial charge in [0, 0.05) is 24.6 Å². The highest BCUT2D eigenvalue weighted by Gasteiger charge is 2.32. The van der Waals surface area contributed by atoms with Crippen molar-refractivity contribution in [3.05, 3.63) is 0 Å². The summed E-state index contributed by atoms with van der Waals surface area (Å²) in [5, 5.41) is 13.5. The topological polar surface area (TPSA) is 32.3 Å². The first-order valence-electron chi connectivity index (χ1n) is 8.12. The molecule has 106 valence electrons. The third-order valence-corrected chi connectivity index (χ3v) is 5.38. The monoisotopic (exact) mass is 253 g/mol. The van der Waals surface area contributed by atoms with Gasteiger partial charge in [-0.25, -0.2) is 0 Å². The molecule has 0 aromatic heterocycles. The summed E-state index contributed by atoms with van der Waals surface area (Å²) in [5.74, 6) is 0.938. The van der Waals surface area contributed by atoms with Gasteiger partial charge >= 0.3 is 0 Å². The van der Waals surface area contributed by atoms with Crippen molar-refractivity contribution in [2.24, 2.45) is 11.3 Å². The van der Waals surface area contributed by atoms with Gasteiger partial charge < -0.3 is 10.4 Å². The van der Waals surface area contributed by atoms with Crippen molar-refractivity contribution in [3.63, 3.8) is 0 Å². The molecule has 0 spiro atoms. The standard InChI is InChI=1S/C16H31NO/c1-2-14-7-6-8-15(11-14)17-12-16(13-18)9-4-3-5-10-16/h14-15,17-18H,2-13H2,1H3.